The summed E-state index contributed by atoms with van der Waals surface area (Å²) < 4.78 is 8.34. The summed E-state index contributed by atoms with van der Waals surface area (Å²) in [7, 11) is 0.533. The van der Waals surface area contributed by atoms with Gasteiger partial charge in [0.05, 0.1) is 8.07 Å². The first-order chi connectivity index (χ1) is 17.4. The summed E-state index contributed by atoms with van der Waals surface area (Å²) in [6, 6.07) is 23.5. The maximum atomic E-state index is 6.18. The van der Waals surface area contributed by atoms with E-state index < -0.39 is 8.07 Å². The molecule has 0 aliphatic carbocycles. The summed E-state index contributed by atoms with van der Waals surface area (Å²) in [6.07, 6.45) is 9.36. The number of para-hydroxylation sites is 1. The van der Waals surface area contributed by atoms with E-state index in [0.717, 1.165) is 33.3 Å². The predicted octanol–water partition coefficient (Wildman–Crippen LogP) is 5.85. The molecule has 37 heavy (non-hydrogen) atoms. The van der Waals surface area contributed by atoms with Crippen molar-refractivity contribution in [1.29, 1.82) is 0 Å². The summed E-state index contributed by atoms with van der Waals surface area (Å²) in [4.78, 5) is 13.1. The van der Waals surface area contributed by atoms with Gasteiger partial charge in [0, 0.05) is 44.3 Å². The molecule has 0 spiro atoms. The monoisotopic (exact) mass is 683 g/mol. The molecule has 0 unspecified atom stereocenters. The Hall–Kier alpha value is -3.41. The Labute approximate surface area is 232 Å². The van der Waals surface area contributed by atoms with Gasteiger partial charge in [-0.3, -0.25) is 0 Å². The van der Waals surface area contributed by atoms with Crippen LogP contribution in [0, 0.1) is 18.8 Å². The van der Waals surface area contributed by atoms with E-state index in [2.05, 4.69) is 83.8 Å². The topological polar surface area (TPSA) is 46.4 Å². The summed E-state index contributed by atoms with van der Waals surface area (Å²) in [5.74, 6) is 1.99. The van der Waals surface area contributed by atoms with Crippen molar-refractivity contribution >= 4 is 40.8 Å². The molecule has 190 valence electrons. The number of aromatic nitrogens is 3. The third-order valence-electron chi connectivity index (χ3n) is 6.31. The zero-order valence-corrected chi connectivity index (χ0v) is 24.3. The van der Waals surface area contributed by atoms with E-state index >= 15 is 0 Å². The molecule has 0 saturated carbocycles. The fourth-order valence-corrected chi connectivity index (χ4v) is 5.43. The number of pyridine rings is 2. The minimum atomic E-state index is -1.44. The molecule has 4 heterocycles. The summed E-state index contributed by atoms with van der Waals surface area (Å²) in [5.41, 5.74) is 2.81. The van der Waals surface area contributed by atoms with Crippen LogP contribution in [0.5, 0.6) is 11.5 Å². The molecule has 0 bridgehead atoms. The van der Waals surface area contributed by atoms with Crippen molar-refractivity contribution < 1.29 is 25.8 Å². The van der Waals surface area contributed by atoms with Gasteiger partial charge in [-0.05, 0) is 48.4 Å². The van der Waals surface area contributed by atoms with Crippen molar-refractivity contribution in [3.63, 3.8) is 0 Å². The first-order valence-electron chi connectivity index (χ1n) is 11.9. The second-order valence-corrected chi connectivity index (χ2v) is 15.0. The molecule has 0 fully saturated rings. The Morgan fingerprint density at radius 3 is 2.43 bits per heavy atom. The molecule has 0 N–H and O–H groups in total. The fourth-order valence-electron chi connectivity index (χ4n) is 4.39. The van der Waals surface area contributed by atoms with Crippen LogP contribution in [0.3, 0.4) is 0 Å². The van der Waals surface area contributed by atoms with E-state index in [1.807, 2.05) is 48.2 Å². The summed E-state index contributed by atoms with van der Waals surface area (Å²) >= 11 is 0. The van der Waals surface area contributed by atoms with Gasteiger partial charge in [0.15, 0.2) is 0 Å². The molecule has 6 rings (SSSR count). The van der Waals surface area contributed by atoms with Gasteiger partial charge in [-0.15, -0.1) is 23.6 Å². The molecule has 0 atom stereocenters. The Kier molecular flexibility index (Phi) is 6.69. The molecule has 1 aliphatic heterocycles. The minimum absolute atomic E-state index is 0. The van der Waals surface area contributed by atoms with E-state index in [1.54, 1.807) is 12.4 Å². The van der Waals surface area contributed by atoms with Gasteiger partial charge in [0.2, 0.25) is 0 Å². The largest absolute Gasteiger partial charge is 0.510 e. The second kappa shape index (κ2) is 9.80. The van der Waals surface area contributed by atoms with Crippen molar-refractivity contribution in [1.82, 2.24) is 19.4 Å². The number of benzene rings is 2. The fraction of sp³-hybridized carbons (Fsp3) is 0.138. The summed E-state index contributed by atoms with van der Waals surface area (Å²) in [5, 5.41) is 3.59. The molecule has 3 aromatic heterocycles. The van der Waals surface area contributed by atoms with Crippen LogP contribution in [0.2, 0.25) is 19.6 Å². The molecule has 0 radical (unpaired) electrons. The zero-order valence-electron chi connectivity index (χ0n) is 21.0. The number of hydrogen-bond acceptors (Lipinski definition) is 5. The van der Waals surface area contributed by atoms with Gasteiger partial charge in [0.25, 0.3) is 0 Å². The van der Waals surface area contributed by atoms with E-state index in [0.29, 0.717) is 11.5 Å². The van der Waals surface area contributed by atoms with Crippen LogP contribution in [0.4, 0.5) is 5.69 Å². The van der Waals surface area contributed by atoms with E-state index in [9.17, 15) is 0 Å². The third-order valence-corrected chi connectivity index (χ3v) is 8.33. The molecule has 0 saturated heterocycles. The molecular formula is C29H26N5OPtSi-3. The Balaban J connectivity index is 0.00000280. The number of rotatable bonds is 5. The molecule has 8 heteroatoms. The Morgan fingerprint density at radius 1 is 0.865 bits per heavy atom. The standard InChI is InChI=1S/C29H26N5OSi.Pt/c1-32-13-14-33(20-32)21-15-23(18-30-17-21)35-22-9-11-26-25-7-5-6-8-27(25)34(28(26)16-22)29-12-10-24(19-31-29)36(2,3)4;/h5-14,17-20H,1-4H3;/q-3;. The van der Waals surface area contributed by atoms with Crippen molar-refractivity contribution in [3.8, 4) is 17.3 Å². The van der Waals surface area contributed by atoms with Crippen molar-refractivity contribution in [2.75, 3.05) is 11.9 Å². The van der Waals surface area contributed by atoms with Crippen molar-refractivity contribution in [3.05, 3.63) is 98.3 Å². The van der Waals surface area contributed by atoms with Gasteiger partial charge >= 0.3 is 0 Å². The van der Waals surface area contributed by atoms with Gasteiger partial charge in [0.1, 0.15) is 5.82 Å². The third kappa shape index (κ3) is 4.81. The average Bonchev–Trinajstić information content (AvgIpc) is 3.45. The van der Waals surface area contributed by atoms with Crippen LogP contribution in [-0.2, 0) is 21.1 Å². The SMILES string of the molecule is CN1C=CN(c2[c-]c(Oc3[c-]c4c(cc3)c3ccccc3n4-c3ccc([Si](C)(C)C)cn3)cnc2)[CH-]1.[Pt]. The normalized spacial score (nSPS) is 13.4. The van der Waals surface area contributed by atoms with Gasteiger partial charge in [-0.1, -0.05) is 61.3 Å². The number of hydrogen-bond donors (Lipinski definition) is 0. The average molecular weight is 684 g/mol. The van der Waals surface area contributed by atoms with Crippen LogP contribution in [0.1, 0.15) is 0 Å². The van der Waals surface area contributed by atoms with Gasteiger partial charge < -0.3 is 24.1 Å². The number of nitrogens with zero attached hydrogens (tertiary/aromatic N) is 5. The molecule has 1 aliphatic rings. The Bertz CT molecular complexity index is 1610. The van der Waals surface area contributed by atoms with E-state index in [1.165, 1.54) is 5.19 Å². The Morgan fingerprint density at radius 2 is 1.70 bits per heavy atom. The van der Waals surface area contributed by atoms with Crippen LogP contribution in [0.25, 0.3) is 27.6 Å². The molecule has 5 aromatic rings. The molecule has 6 nitrogen and oxygen atoms in total. The minimum Gasteiger partial charge on any atom is -0.510 e. The van der Waals surface area contributed by atoms with Crippen LogP contribution < -0.4 is 14.8 Å². The first kappa shape index (κ1) is 25.2. The maximum Gasteiger partial charge on any atom is 0.135 e. The number of fused-ring (bicyclic) bond motifs is 3. The number of ether oxygens (including phenoxy) is 1. The van der Waals surface area contributed by atoms with Crippen molar-refractivity contribution in [2.45, 2.75) is 19.6 Å². The van der Waals surface area contributed by atoms with Crippen molar-refractivity contribution in [2.24, 2.45) is 0 Å². The predicted molar refractivity (Wildman–Crippen MR) is 147 cm³/mol. The number of anilines is 1. The van der Waals surface area contributed by atoms with Crippen LogP contribution >= 0.6 is 0 Å². The molecule has 2 aromatic carbocycles. The van der Waals surface area contributed by atoms with Crippen LogP contribution in [0.15, 0.2) is 79.5 Å². The van der Waals surface area contributed by atoms with E-state index in [-0.39, 0.29) is 21.1 Å². The van der Waals surface area contributed by atoms with Gasteiger partial charge in [-0.25, -0.2) is 4.98 Å². The van der Waals surface area contributed by atoms with Gasteiger partial charge in [-0.2, -0.15) is 12.7 Å². The summed E-state index contributed by atoms with van der Waals surface area (Å²) in [6.45, 7) is 8.95. The van der Waals surface area contributed by atoms with Crippen LogP contribution in [-0.4, -0.2) is 34.6 Å². The smallest absolute Gasteiger partial charge is 0.135 e. The second-order valence-electron chi connectivity index (χ2n) is 9.96. The first-order valence-corrected chi connectivity index (χ1v) is 15.4. The molecule has 0 amide bonds. The maximum absolute atomic E-state index is 6.18. The molecular weight excluding hydrogens is 658 g/mol. The quantitative estimate of drug-likeness (QED) is 0.172. The van der Waals surface area contributed by atoms with E-state index in [4.69, 9.17) is 9.72 Å². The zero-order chi connectivity index (χ0) is 24.9.